The summed E-state index contributed by atoms with van der Waals surface area (Å²) in [7, 11) is 1.88. The molecule has 90 valence electrons. The van der Waals surface area contributed by atoms with Crippen molar-refractivity contribution in [3.05, 3.63) is 34.9 Å². The Hall–Kier alpha value is -1.75. The normalized spacial score (nSPS) is 10.5. The minimum Gasteiger partial charge on any atom is -0.482 e. The van der Waals surface area contributed by atoms with E-state index in [1.54, 1.807) is 18.2 Å². The first-order chi connectivity index (χ1) is 8.09. The van der Waals surface area contributed by atoms with Gasteiger partial charge in [-0.3, -0.25) is 0 Å². The number of rotatable bonds is 3. The molecule has 17 heavy (non-hydrogen) atoms. The van der Waals surface area contributed by atoms with Crippen LogP contribution in [0.2, 0.25) is 5.02 Å². The SMILES string of the molecule is Cc1nnc(COc2c(N)cccc2Cl)n1C. The molecule has 0 aliphatic heterocycles. The van der Waals surface area contributed by atoms with Crippen LogP contribution in [0.3, 0.4) is 0 Å². The van der Waals surface area contributed by atoms with Gasteiger partial charge in [0.05, 0.1) is 10.7 Å². The van der Waals surface area contributed by atoms with Gasteiger partial charge in [0.25, 0.3) is 0 Å². The summed E-state index contributed by atoms with van der Waals surface area (Å²) in [6.45, 7) is 2.16. The van der Waals surface area contributed by atoms with E-state index >= 15 is 0 Å². The first kappa shape index (κ1) is 11.7. The Labute approximate surface area is 104 Å². The van der Waals surface area contributed by atoms with Crippen LogP contribution in [-0.2, 0) is 13.7 Å². The highest BCUT2D eigenvalue weighted by Crippen LogP contribution is 2.30. The van der Waals surface area contributed by atoms with Crippen molar-refractivity contribution in [1.29, 1.82) is 0 Å². The zero-order valence-electron chi connectivity index (χ0n) is 9.64. The topological polar surface area (TPSA) is 66.0 Å². The fourth-order valence-electron chi connectivity index (χ4n) is 1.39. The minimum absolute atomic E-state index is 0.283. The van der Waals surface area contributed by atoms with Crippen LogP contribution >= 0.6 is 11.6 Å². The highest BCUT2D eigenvalue weighted by molar-refractivity contribution is 6.32. The molecule has 0 radical (unpaired) electrons. The number of benzene rings is 1. The molecular weight excluding hydrogens is 240 g/mol. The summed E-state index contributed by atoms with van der Waals surface area (Å²) < 4.78 is 7.42. The maximum atomic E-state index is 5.99. The molecular formula is C11H13ClN4O. The highest BCUT2D eigenvalue weighted by Gasteiger charge is 2.09. The number of halogens is 1. The predicted octanol–water partition coefficient (Wildman–Crippen LogP) is 1.94. The van der Waals surface area contributed by atoms with Gasteiger partial charge in [0.1, 0.15) is 12.4 Å². The van der Waals surface area contributed by atoms with Crippen molar-refractivity contribution >= 4 is 17.3 Å². The van der Waals surface area contributed by atoms with Gasteiger partial charge >= 0.3 is 0 Å². The van der Waals surface area contributed by atoms with Gasteiger partial charge in [-0.2, -0.15) is 0 Å². The molecule has 0 amide bonds. The molecule has 6 heteroatoms. The van der Waals surface area contributed by atoms with Gasteiger partial charge in [-0.15, -0.1) is 10.2 Å². The van der Waals surface area contributed by atoms with Gasteiger partial charge in [0, 0.05) is 7.05 Å². The van der Waals surface area contributed by atoms with E-state index in [9.17, 15) is 0 Å². The van der Waals surface area contributed by atoms with Crippen molar-refractivity contribution in [2.75, 3.05) is 5.73 Å². The summed E-state index contributed by atoms with van der Waals surface area (Å²) >= 11 is 5.99. The van der Waals surface area contributed by atoms with E-state index in [1.807, 2.05) is 18.5 Å². The number of hydrogen-bond acceptors (Lipinski definition) is 4. The summed E-state index contributed by atoms with van der Waals surface area (Å²) in [6, 6.07) is 5.25. The monoisotopic (exact) mass is 252 g/mol. The van der Waals surface area contributed by atoms with Crippen LogP contribution in [0.15, 0.2) is 18.2 Å². The highest BCUT2D eigenvalue weighted by atomic mass is 35.5. The van der Waals surface area contributed by atoms with E-state index < -0.39 is 0 Å². The number of aromatic nitrogens is 3. The molecule has 2 N–H and O–H groups in total. The lowest BCUT2D eigenvalue weighted by atomic mass is 10.3. The summed E-state index contributed by atoms with van der Waals surface area (Å²) in [5.74, 6) is 2.03. The lowest BCUT2D eigenvalue weighted by Crippen LogP contribution is -2.05. The fourth-order valence-corrected chi connectivity index (χ4v) is 1.63. The van der Waals surface area contributed by atoms with Gasteiger partial charge < -0.3 is 15.0 Å². The van der Waals surface area contributed by atoms with E-state index in [0.29, 0.717) is 16.5 Å². The fraction of sp³-hybridized carbons (Fsp3) is 0.273. The Bertz CT molecular complexity index is 518. The average molecular weight is 253 g/mol. The lowest BCUT2D eigenvalue weighted by Gasteiger charge is -2.09. The molecule has 5 nitrogen and oxygen atoms in total. The third-order valence-corrected chi connectivity index (χ3v) is 2.82. The Kier molecular flexibility index (Phi) is 3.19. The van der Waals surface area contributed by atoms with E-state index in [2.05, 4.69) is 10.2 Å². The Balaban J connectivity index is 2.15. The quantitative estimate of drug-likeness (QED) is 0.848. The maximum Gasteiger partial charge on any atom is 0.170 e. The first-order valence-corrected chi connectivity index (χ1v) is 5.49. The van der Waals surface area contributed by atoms with Gasteiger partial charge in [-0.05, 0) is 19.1 Å². The molecule has 1 aromatic heterocycles. The molecule has 0 spiro atoms. The Morgan fingerprint density at radius 3 is 2.76 bits per heavy atom. The number of ether oxygens (including phenoxy) is 1. The number of anilines is 1. The van der Waals surface area contributed by atoms with Crippen LogP contribution in [0.1, 0.15) is 11.6 Å². The molecule has 0 saturated carbocycles. The summed E-state index contributed by atoms with van der Waals surface area (Å²) in [4.78, 5) is 0. The van der Waals surface area contributed by atoms with Crippen molar-refractivity contribution in [2.24, 2.45) is 7.05 Å². The standard InChI is InChI=1S/C11H13ClN4O/c1-7-14-15-10(16(7)2)6-17-11-8(12)4-3-5-9(11)13/h3-5H,6,13H2,1-2H3. The largest absolute Gasteiger partial charge is 0.482 e. The predicted molar refractivity (Wildman–Crippen MR) is 65.9 cm³/mol. The molecule has 2 rings (SSSR count). The van der Waals surface area contributed by atoms with Crippen molar-refractivity contribution in [1.82, 2.24) is 14.8 Å². The van der Waals surface area contributed by atoms with Gasteiger partial charge in [0.15, 0.2) is 11.6 Å². The molecule has 1 aromatic carbocycles. The molecule has 2 aromatic rings. The molecule has 0 unspecified atom stereocenters. The van der Waals surface area contributed by atoms with Crippen LogP contribution in [0.25, 0.3) is 0 Å². The summed E-state index contributed by atoms with van der Waals surface area (Å²) in [6.07, 6.45) is 0. The number of aryl methyl sites for hydroxylation is 1. The number of nitrogen functional groups attached to an aromatic ring is 1. The number of hydrogen-bond donors (Lipinski definition) is 1. The minimum atomic E-state index is 0.283. The van der Waals surface area contributed by atoms with E-state index in [4.69, 9.17) is 22.1 Å². The average Bonchev–Trinajstić information content (AvgIpc) is 2.60. The Morgan fingerprint density at radius 2 is 2.18 bits per heavy atom. The molecule has 0 fully saturated rings. The van der Waals surface area contributed by atoms with E-state index in [-0.39, 0.29) is 6.61 Å². The van der Waals surface area contributed by atoms with Crippen molar-refractivity contribution in [3.63, 3.8) is 0 Å². The third-order valence-electron chi connectivity index (χ3n) is 2.53. The summed E-state index contributed by atoms with van der Waals surface area (Å²) in [5, 5.41) is 8.43. The zero-order chi connectivity index (χ0) is 12.4. The molecule has 0 aliphatic rings. The molecule has 0 aliphatic carbocycles. The molecule has 0 atom stereocenters. The van der Waals surface area contributed by atoms with Crippen molar-refractivity contribution in [3.8, 4) is 5.75 Å². The molecule has 0 saturated heterocycles. The molecule has 1 heterocycles. The van der Waals surface area contributed by atoms with Crippen LogP contribution < -0.4 is 10.5 Å². The van der Waals surface area contributed by atoms with Crippen LogP contribution in [0.4, 0.5) is 5.69 Å². The smallest absolute Gasteiger partial charge is 0.170 e. The zero-order valence-corrected chi connectivity index (χ0v) is 10.4. The third kappa shape index (κ3) is 2.34. The van der Waals surface area contributed by atoms with Crippen LogP contribution in [-0.4, -0.2) is 14.8 Å². The second-order valence-electron chi connectivity index (χ2n) is 3.67. The van der Waals surface area contributed by atoms with Gasteiger partial charge in [-0.25, -0.2) is 0 Å². The second kappa shape index (κ2) is 4.63. The van der Waals surface area contributed by atoms with Gasteiger partial charge in [0.2, 0.25) is 0 Å². The Morgan fingerprint density at radius 1 is 1.41 bits per heavy atom. The number of para-hydroxylation sites is 1. The lowest BCUT2D eigenvalue weighted by molar-refractivity contribution is 0.293. The van der Waals surface area contributed by atoms with E-state index in [0.717, 1.165) is 11.6 Å². The van der Waals surface area contributed by atoms with Crippen LogP contribution in [0.5, 0.6) is 5.75 Å². The number of nitrogens with two attached hydrogens (primary N) is 1. The van der Waals surface area contributed by atoms with Crippen molar-refractivity contribution in [2.45, 2.75) is 13.5 Å². The van der Waals surface area contributed by atoms with E-state index in [1.165, 1.54) is 0 Å². The maximum absolute atomic E-state index is 5.99. The second-order valence-corrected chi connectivity index (χ2v) is 4.08. The molecule has 0 bridgehead atoms. The number of nitrogens with zero attached hydrogens (tertiary/aromatic N) is 3. The summed E-state index contributed by atoms with van der Waals surface area (Å²) in [5.41, 5.74) is 6.29. The first-order valence-electron chi connectivity index (χ1n) is 5.11. The van der Waals surface area contributed by atoms with Gasteiger partial charge in [-0.1, -0.05) is 17.7 Å². The van der Waals surface area contributed by atoms with Crippen LogP contribution in [0, 0.1) is 6.92 Å². The van der Waals surface area contributed by atoms with Crippen molar-refractivity contribution < 1.29 is 4.74 Å².